The molecule has 0 radical (unpaired) electrons. The molecule has 0 bridgehead atoms. The summed E-state index contributed by atoms with van der Waals surface area (Å²) in [5.41, 5.74) is -0.00958. The summed E-state index contributed by atoms with van der Waals surface area (Å²) in [5.74, 6) is 2.04. The maximum Gasteiger partial charge on any atom is 0.156 e. The zero-order chi connectivity index (χ0) is 11.1. The van der Waals surface area contributed by atoms with Gasteiger partial charge in [-0.2, -0.15) is 5.10 Å². The molecular weight excluding hydrogens is 190 g/mol. The highest BCUT2D eigenvalue weighted by Gasteiger charge is 2.27. The monoisotopic (exact) mass is 209 g/mol. The molecule has 1 aromatic heterocycles. The van der Waals surface area contributed by atoms with Crippen LogP contribution in [0.4, 0.5) is 0 Å². The number of hydrogen-bond donors (Lipinski definition) is 1. The fourth-order valence-corrected chi connectivity index (χ4v) is 1.93. The molecule has 0 saturated heterocycles. The van der Waals surface area contributed by atoms with Crippen molar-refractivity contribution in [2.24, 2.45) is 0 Å². The third-order valence-electron chi connectivity index (χ3n) is 2.88. The standard InChI is InChI=1S/C11H19N3O/c1-11(2,3)10-12-9-8(7-15)5-4-6-14(9)13-10/h8,15H,4-7H2,1-3H3. The van der Waals surface area contributed by atoms with Gasteiger partial charge in [-0.15, -0.1) is 0 Å². The van der Waals surface area contributed by atoms with Gasteiger partial charge in [0.25, 0.3) is 0 Å². The third kappa shape index (κ3) is 1.91. The first-order valence-electron chi connectivity index (χ1n) is 5.58. The first-order chi connectivity index (χ1) is 7.02. The van der Waals surface area contributed by atoms with Gasteiger partial charge in [-0.25, -0.2) is 9.67 Å². The van der Waals surface area contributed by atoms with Gasteiger partial charge in [0.1, 0.15) is 5.82 Å². The maximum absolute atomic E-state index is 9.27. The number of aromatic nitrogens is 3. The zero-order valence-corrected chi connectivity index (χ0v) is 9.69. The average Bonchev–Trinajstić information content (AvgIpc) is 2.59. The van der Waals surface area contributed by atoms with E-state index in [1.165, 1.54) is 0 Å². The first kappa shape index (κ1) is 10.6. The van der Waals surface area contributed by atoms with Crippen molar-refractivity contribution in [3.63, 3.8) is 0 Å². The lowest BCUT2D eigenvalue weighted by Gasteiger charge is -2.19. The van der Waals surface area contributed by atoms with Gasteiger partial charge in [0.15, 0.2) is 5.82 Å². The Morgan fingerprint density at radius 3 is 2.80 bits per heavy atom. The van der Waals surface area contributed by atoms with Crippen LogP contribution in [-0.2, 0) is 12.0 Å². The molecule has 15 heavy (non-hydrogen) atoms. The second-order valence-corrected chi connectivity index (χ2v) is 5.29. The SMILES string of the molecule is CC(C)(C)c1nc2n(n1)CCCC2CO. The summed E-state index contributed by atoms with van der Waals surface area (Å²) in [6.45, 7) is 7.46. The lowest BCUT2D eigenvalue weighted by atomic mass is 9.96. The fraction of sp³-hybridized carbons (Fsp3) is 0.818. The summed E-state index contributed by atoms with van der Waals surface area (Å²) >= 11 is 0. The van der Waals surface area contributed by atoms with E-state index in [-0.39, 0.29) is 17.9 Å². The molecule has 0 aliphatic carbocycles. The van der Waals surface area contributed by atoms with E-state index >= 15 is 0 Å². The second kappa shape index (κ2) is 3.59. The Hall–Kier alpha value is -0.900. The van der Waals surface area contributed by atoms with Crippen LogP contribution in [0, 0.1) is 0 Å². The molecule has 4 nitrogen and oxygen atoms in total. The van der Waals surface area contributed by atoms with Gasteiger partial charge in [0.05, 0.1) is 6.61 Å². The highest BCUT2D eigenvalue weighted by Crippen LogP contribution is 2.27. The summed E-state index contributed by atoms with van der Waals surface area (Å²) in [6, 6.07) is 0. The van der Waals surface area contributed by atoms with Crippen LogP contribution in [0.5, 0.6) is 0 Å². The molecule has 4 heteroatoms. The van der Waals surface area contributed by atoms with E-state index in [0.29, 0.717) is 0 Å². The van der Waals surface area contributed by atoms with Crippen molar-refractivity contribution in [3.8, 4) is 0 Å². The predicted octanol–water partition coefficient (Wildman–Crippen LogP) is 1.45. The fourth-order valence-electron chi connectivity index (χ4n) is 1.93. The third-order valence-corrected chi connectivity index (χ3v) is 2.88. The lowest BCUT2D eigenvalue weighted by Crippen LogP contribution is -2.19. The number of nitrogens with zero attached hydrogens (tertiary/aromatic N) is 3. The predicted molar refractivity (Wildman–Crippen MR) is 57.8 cm³/mol. The van der Waals surface area contributed by atoms with Crippen LogP contribution in [0.15, 0.2) is 0 Å². The van der Waals surface area contributed by atoms with Gasteiger partial charge >= 0.3 is 0 Å². The van der Waals surface area contributed by atoms with Crippen molar-refractivity contribution in [1.29, 1.82) is 0 Å². The molecule has 1 aromatic rings. The Balaban J connectivity index is 2.37. The van der Waals surface area contributed by atoms with Crippen LogP contribution in [-0.4, -0.2) is 26.5 Å². The molecule has 0 aromatic carbocycles. The summed E-state index contributed by atoms with van der Waals surface area (Å²) < 4.78 is 1.96. The Kier molecular flexibility index (Phi) is 2.54. The quantitative estimate of drug-likeness (QED) is 0.761. The van der Waals surface area contributed by atoms with Crippen LogP contribution in [0.25, 0.3) is 0 Å². The Morgan fingerprint density at radius 1 is 1.47 bits per heavy atom. The van der Waals surface area contributed by atoms with Crippen molar-refractivity contribution < 1.29 is 5.11 Å². The average molecular weight is 209 g/mol. The second-order valence-electron chi connectivity index (χ2n) is 5.29. The number of aryl methyl sites for hydroxylation is 1. The van der Waals surface area contributed by atoms with E-state index in [9.17, 15) is 5.11 Å². The van der Waals surface area contributed by atoms with Crippen molar-refractivity contribution in [2.45, 2.75) is 51.5 Å². The number of rotatable bonds is 1. The smallest absolute Gasteiger partial charge is 0.156 e. The van der Waals surface area contributed by atoms with Gasteiger partial charge in [-0.3, -0.25) is 0 Å². The molecule has 0 amide bonds. The van der Waals surface area contributed by atoms with Crippen LogP contribution in [0.1, 0.15) is 51.2 Å². The van der Waals surface area contributed by atoms with E-state index in [4.69, 9.17) is 0 Å². The minimum absolute atomic E-state index is 0.00958. The Bertz CT molecular complexity index is 351. The molecule has 0 saturated carbocycles. The molecule has 0 fully saturated rings. The number of hydrogen-bond acceptors (Lipinski definition) is 3. The number of aliphatic hydroxyl groups excluding tert-OH is 1. The molecule has 1 N–H and O–H groups in total. The highest BCUT2D eigenvalue weighted by molar-refractivity contribution is 5.08. The molecular formula is C11H19N3O. The van der Waals surface area contributed by atoms with E-state index in [1.54, 1.807) is 0 Å². The molecule has 1 aliphatic heterocycles. The molecule has 2 heterocycles. The van der Waals surface area contributed by atoms with Crippen molar-refractivity contribution in [1.82, 2.24) is 14.8 Å². The Morgan fingerprint density at radius 2 is 2.20 bits per heavy atom. The topological polar surface area (TPSA) is 50.9 Å². The highest BCUT2D eigenvalue weighted by atomic mass is 16.3. The van der Waals surface area contributed by atoms with Gasteiger partial charge in [-0.1, -0.05) is 20.8 Å². The molecule has 1 aliphatic rings. The molecule has 0 spiro atoms. The normalized spacial score (nSPS) is 21.5. The van der Waals surface area contributed by atoms with Crippen molar-refractivity contribution >= 4 is 0 Å². The summed E-state index contributed by atoms with van der Waals surface area (Å²) in [4.78, 5) is 4.57. The molecule has 2 rings (SSSR count). The molecule has 1 atom stereocenters. The number of fused-ring (bicyclic) bond motifs is 1. The van der Waals surface area contributed by atoms with Gasteiger partial charge in [0.2, 0.25) is 0 Å². The van der Waals surface area contributed by atoms with E-state index in [1.807, 2.05) is 4.68 Å². The van der Waals surface area contributed by atoms with Crippen LogP contribution < -0.4 is 0 Å². The van der Waals surface area contributed by atoms with Gasteiger partial charge < -0.3 is 5.11 Å². The van der Waals surface area contributed by atoms with Crippen molar-refractivity contribution in [2.75, 3.05) is 6.61 Å². The Labute approximate surface area is 90.3 Å². The summed E-state index contributed by atoms with van der Waals surface area (Å²) in [6.07, 6.45) is 2.12. The summed E-state index contributed by atoms with van der Waals surface area (Å²) in [7, 11) is 0. The van der Waals surface area contributed by atoms with Crippen LogP contribution in [0.2, 0.25) is 0 Å². The first-order valence-corrected chi connectivity index (χ1v) is 5.58. The molecule has 1 unspecified atom stereocenters. The lowest BCUT2D eigenvalue weighted by molar-refractivity contribution is 0.234. The van der Waals surface area contributed by atoms with E-state index in [2.05, 4.69) is 30.9 Å². The van der Waals surface area contributed by atoms with E-state index < -0.39 is 0 Å². The van der Waals surface area contributed by atoms with Gasteiger partial charge in [-0.05, 0) is 12.8 Å². The van der Waals surface area contributed by atoms with Crippen molar-refractivity contribution in [3.05, 3.63) is 11.6 Å². The maximum atomic E-state index is 9.27. The van der Waals surface area contributed by atoms with Gasteiger partial charge in [0, 0.05) is 17.9 Å². The largest absolute Gasteiger partial charge is 0.396 e. The van der Waals surface area contributed by atoms with Crippen LogP contribution >= 0.6 is 0 Å². The van der Waals surface area contributed by atoms with E-state index in [0.717, 1.165) is 31.0 Å². The zero-order valence-electron chi connectivity index (χ0n) is 9.69. The summed E-state index contributed by atoms with van der Waals surface area (Å²) in [5, 5.41) is 13.8. The minimum atomic E-state index is -0.00958. The molecule has 84 valence electrons. The minimum Gasteiger partial charge on any atom is -0.396 e. The van der Waals surface area contributed by atoms with Crippen LogP contribution in [0.3, 0.4) is 0 Å². The number of aliphatic hydroxyl groups is 1.